The summed E-state index contributed by atoms with van der Waals surface area (Å²) in [7, 11) is 0. The molecule has 0 bridgehead atoms. The molecule has 2 N–H and O–H groups in total. The summed E-state index contributed by atoms with van der Waals surface area (Å²) in [6, 6.07) is 0. The molecule has 1 fully saturated rings. The Balaban J connectivity index is 2.77. The van der Waals surface area contributed by atoms with E-state index >= 15 is 0 Å². The zero-order chi connectivity index (χ0) is 11.0. The highest BCUT2D eigenvalue weighted by atomic mass is 16.3. The van der Waals surface area contributed by atoms with Gasteiger partial charge in [-0.25, -0.2) is 0 Å². The van der Waals surface area contributed by atoms with E-state index in [1.807, 2.05) is 13.8 Å². The van der Waals surface area contributed by atoms with Crippen molar-refractivity contribution < 1.29 is 10.2 Å². The average molecular weight is 198 g/mol. The minimum absolute atomic E-state index is 0.249. The predicted molar refractivity (Wildman–Crippen MR) is 58.0 cm³/mol. The minimum atomic E-state index is -0.756. The van der Waals surface area contributed by atoms with Gasteiger partial charge in [-0.3, -0.25) is 0 Å². The Bertz CT molecular complexity index is 232. The first-order valence-electron chi connectivity index (χ1n) is 5.34. The Kier molecular flexibility index (Phi) is 3.07. The zero-order valence-electron chi connectivity index (χ0n) is 9.51. The molecule has 0 aliphatic heterocycles. The number of aliphatic hydroxyl groups is 2. The van der Waals surface area contributed by atoms with Crippen LogP contribution >= 0.6 is 0 Å². The third-order valence-electron chi connectivity index (χ3n) is 3.33. The molecular formula is C12H22O2. The van der Waals surface area contributed by atoms with E-state index in [4.69, 9.17) is 0 Å². The van der Waals surface area contributed by atoms with E-state index < -0.39 is 11.2 Å². The maximum Gasteiger partial charge on any atom is 0.0737 e. The molecule has 0 amide bonds. The van der Waals surface area contributed by atoms with Crippen molar-refractivity contribution in [2.45, 2.75) is 57.7 Å². The fraction of sp³-hybridized carbons (Fsp3) is 0.833. The average Bonchev–Trinajstić information content (AvgIpc) is 1.95. The molecule has 0 heterocycles. The van der Waals surface area contributed by atoms with Gasteiger partial charge in [0.15, 0.2) is 0 Å². The molecule has 0 aromatic rings. The van der Waals surface area contributed by atoms with Crippen molar-refractivity contribution in [3.05, 3.63) is 12.2 Å². The minimum Gasteiger partial charge on any atom is -0.390 e. The van der Waals surface area contributed by atoms with Crippen LogP contribution in [0.15, 0.2) is 12.2 Å². The standard InChI is InChI=1S/C12H22O2/c1-9(2)7-12(14)8-11(4,13)6-5-10(12)3/h10,13-14H,1,5-8H2,2-4H3/t10?,11-,12-/m1/s1. The lowest BCUT2D eigenvalue weighted by atomic mass is 9.68. The Hall–Kier alpha value is -0.340. The van der Waals surface area contributed by atoms with Crippen molar-refractivity contribution in [3.8, 4) is 0 Å². The fourth-order valence-corrected chi connectivity index (χ4v) is 2.48. The molecule has 2 heteroatoms. The van der Waals surface area contributed by atoms with Crippen LogP contribution < -0.4 is 0 Å². The van der Waals surface area contributed by atoms with E-state index in [1.54, 1.807) is 0 Å². The largest absolute Gasteiger partial charge is 0.390 e. The Morgan fingerprint density at radius 3 is 2.57 bits per heavy atom. The van der Waals surface area contributed by atoms with Crippen molar-refractivity contribution in [3.63, 3.8) is 0 Å². The van der Waals surface area contributed by atoms with Gasteiger partial charge < -0.3 is 10.2 Å². The molecule has 1 aliphatic carbocycles. The van der Waals surface area contributed by atoms with Crippen LogP contribution in [0.4, 0.5) is 0 Å². The monoisotopic (exact) mass is 198 g/mol. The van der Waals surface area contributed by atoms with Crippen LogP contribution in [0.5, 0.6) is 0 Å². The van der Waals surface area contributed by atoms with Crippen LogP contribution in [-0.4, -0.2) is 21.4 Å². The topological polar surface area (TPSA) is 40.5 Å². The normalized spacial score (nSPS) is 43.6. The SMILES string of the molecule is C=C(C)C[C@@]1(O)C[C@](C)(O)CCC1C. The molecule has 2 nitrogen and oxygen atoms in total. The van der Waals surface area contributed by atoms with Gasteiger partial charge in [-0.2, -0.15) is 0 Å². The van der Waals surface area contributed by atoms with E-state index in [0.717, 1.165) is 18.4 Å². The zero-order valence-corrected chi connectivity index (χ0v) is 9.51. The van der Waals surface area contributed by atoms with Crippen molar-refractivity contribution in [1.29, 1.82) is 0 Å². The summed E-state index contributed by atoms with van der Waals surface area (Å²) in [5.41, 5.74) is -0.485. The first-order valence-corrected chi connectivity index (χ1v) is 5.34. The molecule has 1 unspecified atom stereocenters. The molecule has 1 rings (SSSR count). The van der Waals surface area contributed by atoms with Crippen LogP contribution in [0.3, 0.4) is 0 Å². The Morgan fingerprint density at radius 1 is 1.50 bits per heavy atom. The summed E-state index contributed by atoms with van der Waals surface area (Å²) in [6.45, 7) is 9.62. The van der Waals surface area contributed by atoms with Crippen molar-refractivity contribution in [1.82, 2.24) is 0 Å². The van der Waals surface area contributed by atoms with Gasteiger partial charge in [-0.15, -0.1) is 6.58 Å². The van der Waals surface area contributed by atoms with E-state index in [9.17, 15) is 10.2 Å². The summed E-state index contributed by atoms with van der Waals surface area (Å²) in [6.07, 6.45) is 2.74. The summed E-state index contributed by atoms with van der Waals surface area (Å²) in [4.78, 5) is 0. The summed E-state index contributed by atoms with van der Waals surface area (Å²) in [5, 5.41) is 20.4. The van der Waals surface area contributed by atoms with Gasteiger partial charge in [0.05, 0.1) is 11.2 Å². The molecule has 14 heavy (non-hydrogen) atoms. The van der Waals surface area contributed by atoms with Crippen LogP contribution in [0.1, 0.15) is 46.5 Å². The second-order valence-electron chi connectivity index (χ2n) is 5.35. The molecule has 0 aromatic carbocycles. The molecule has 0 radical (unpaired) electrons. The van der Waals surface area contributed by atoms with Crippen LogP contribution in [0.25, 0.3) is 0 Å². The molecular weight excluding hydrogens is 176 g/mol. The van der Waals surface area contributed by atoms with E-state index in [2.05, 4.69) is 13.5 Å². The van der Waals surface area contributed by atoms with Crippen molar-refractivity contribution >= 4 is 0 Å². The maximum atomic E-state index is 10.4. The summed E-state index contributed by atoms with van der Waals surface area (Å²) in [5.74, 6) is 0.249. The van der Waals surface area contributed by atoms with E-state index in [1.165, 1.54) is 0 Å². The Labute approximate surface area is 86.6 Å². The van der Waals surface area contributed by atoms with Crippen molar-refractivity contribution in [2.75, 3.05) is 0 Å². The van der Waals surface area contributed by atoms with Gasteiger partial charge in [0.1, 0.15) is 0 Å². The highest BCUT2D eigenvalue weighted by Crippen LogP contribution is 2.42. The van der Waals surface area contributed by atoms with Gasteiger partial charge in [-0.05, 0) is 39.0 Å². The Morgan fingerprint density at radius 2 is 2.07 bits per heavy atom. The second kappa shape index (κ2) is 3.67. The highest BCUT2D eigenvalue weighted by molar-refractivity contribution is 5.04. The lowest BCUT2D eigenvalue weighted by molar-refractivity contribution is -0.120. The number of rotatable bonds is 2. The fourth-order valence-electron chi connectivity index (χ4n) is 2.48. The highest BCUT2D eigenvalue weighted by Gasteiger charge is 2.44. The quantitative estimate of drug-likeness (QED) is 0.668. The van der Waals surface area contributed by atoms with Crippen molar-refractivity contribution in [2.24, 2.45) is 5.92 Å². The van der Waals surface area contributed by atoms with Gasteiger partial charge in [0.25, 0.3) is 0 Å². The molecule has 3 atom stereocenters. The molecule has 82 valence electrons. The lowest BCUT2D eigenvalue weighted by Crippen LogP contribution is -2.49. The molecule has 0 aromatic heterocycles. The third-order valence-corrected chi connectivity index (χ3v) is 3.33. The van der Waals surface area contributed by atoms with Gasteiger partial charge in [0, 0.05) is 6.42 Å². The summed E-state index contributed by atoms with van der Waals surface area (Å²) >= 11 is 0. The predicted octanol–water partition coefficient (Wildman–Crippen LogP) is 2.25. The third kappa shape index (κ3) is 2.58. The first kappa shape index (κ1) is 11.7. The first-order chi connectivity index (χ1) is 6.25. The van der Waals surface area contributed by atoms with Crippen LogP contribution in [0.2, 0.25) is 0 Å². The molecule has 0 saturated heterocycles. The van der Waals surface area contributed by atoms with Gasteiger partial charge in [-0.1, -0.05) is 12.5 Å². The van der Waals surface area contributed by atoms with Gasteiger partial charge in [0.2, 0.25) is 0 Å². The smallest absolute Gasteiger partial charge is 0.0737 e. The second-order valence-corrected chi connectivity index (χ2v) is 5.35. The van der Waals surface area contributed by atoms with Crippen LogP contribution in [-0.2, 0) is 0 Å². The van der Waals surface area contributed by atoms with E-state index in [-0.39, 0.29) is 5.92 Å². The number of hydrogen-bond donors (Lipinski definition) is 2. The van der Waals surface area contributed by atoms with Gasteiger partial charge >= 0.3 is 0 Å². The number of hydrogen-bond acceptors (Lipinski definition) is 2. The lowest BCUT2D eigenvalue weighted by Gasteiger charge is -2.45. The van der Waals surface area contributed by atoms with E-state index in [0.29, 0.717) is 12.8 Å². The molecule has 1 aliphatic rings. The molecule has 1 saturated carbocycles. The van der Waals surface area contributed by atoms with Crippen LogP contribution in [0, 0.1) is 5.92 Å². The molecule has 0 spiro atoms. The maximum absolute atomic E-state index is 10.4. The summed E-state index contributed by atoms with van der Waals surface area (Å²) < 4.78 is 0.